The molecule has 2 atom stereocenters. The first-order valence-electron chi connectivity index (χ1n) is 31.9. The Kier molecular flexibility index (Phi) is 59.5. The molecule has 0 aromatic rings. The van der Waals surface area contributed by atoms with E-state index in [1.807, 2.05) is 6.08 Å². The molecule has 72 heavy (non-hydrogen) atoms. The maximum Gasteiger partial charge on any atom is 0.305 e. The van der Waals surface area contributed by atoms with Crippen LogP contribution in [-0.4, -0.2) is 47.4 Å². The van der Waals surface area contributed by atoms with Crippen molar-refractivity contribution in [1.29, 1.82) is 0 Å². The standard InChI is InChI=1S/C66H123NO5/c1-3-5-7-9-11-13-15-17-19-20-21-22-23-24-27-31-34-38-42-46-50-54-58-64(69)63(62-68)67-65(70)59-55-51-47-43-39-35-32-28-25-26-29-33-37-41-45-49-53-57-61-72-66(71)60-56-52-48-44-40-36-30-18-16-14-12-10-8-6-4-2/h12,14,18,28,30,32,54,58,63-64,68-69H,3-11,13,15-17,19-27,29,31,33-53,55-57,59-62H2,1-2H3,(H,67,70)/b14-12-,30-18-,32-28-,58-54+. The van der Waals surface area contributed by atoms with E-state index in [0.717, 1.165) is 70.6 Å². The lowest BCUT2D eigenvalue weighted by molar-refractivity contribution is -0.143. The molecule has 6 nitrogen and oxygen atoms in total. The molecule has 0 aliphatic heterocycles. The van der Waals surface area contributed by atoms with Crippen LogP contribution >= 0.6 is 0 Å². The number of aliphatic hydroxyl groups is 2. The summed E-state index contributed by atoms with van der Waals surface area (Å²) in [7, 11) is 0. The predicted molar refractivity (Wildman–Crippen MR) is 315 cm³/mol. The number of hydrogen-bond donors (Lipinski definition) is 3. The molecule has 3 N–H and O–H groups in total. The average molecular weight is 1010 g/mol. The normalized spacial score (nSPS) is 12.9. The zero-order valence-corrected chi connectivity index (χ0v) is 48.2. The third kappa shape index (κ3) is 57.1. The number of ether oxygens (including phenoxy) is 1. The molecule has 0 spiro atoms. The molecule has 6 heteroatoms. The summed E-state index contributed by atoms with van der Waals surface area (Å²) in [5.74, 6) is -0.0924. The molecule has 0 aliphatic rings. The lowest BCUT2D eigenvalue weighted by Crippen LogP contribution is -2.45. The van der Waals surface area contributed by atoms with E-state index in [1.165, 1.54) is 238 Å². The predicted octanol–water partition coefficient (Wildman–Crippen LogP) is 20.1. The summed E-state index contributed by atoms with van der Waals surface area (Å²) in [6.45, 7) is 4.87. The lowest BCUT2D eigenvalue weighted by atomic mass is 10.0. The molecule has 0 bridgehead atoms. The van der Waals surface area contributed by atoms with Gasteiger partial charge in [0, 0.05) is 12.8 Å². The van der Waals surface area contributed by atoms with Gasteiger partial charge in [-0.25, -0.2) is 0 Å². The second-order valence-electron chi connectivity index (χ2n) is 21.7. The minimum absolute atomic E-state index is 0.0119. The van der Waals surface area contributed by atoms with Crippen LogP contribution in [0.15, 0.2) is 48.6 Å². The van der Waals surface area contributed by atoms with Crippen LogP contribution in [0.25, 0.3) is 0 Å². The number of nitrogens with one attached hydrogen (secondary N) is 1. The highest BCUT2D eigenvalue weighted by atomic mass is 16.5. The Morgan fingerprint density at radius 3 is 1.10 bits per heavy atom. The second-order valence-corrected chi connectivity index (χ2v) is 21.7. The fourth-order valence-electron chi connectivity index (χ4n) is 9.66. The van der Waals surface area contributed by atoms with Crippen molar-refractivity contribution in [3.63, 3.8) is 0 Å². The van der Waals surface area contributed by atoms with E-state index >= 15 is 0 Å². The van der Waals surface area contributed by atoms with Crippen molar-refractivity contribution in [3.05, 3.63) is 48.6 Å². The number of carbonyl (C=O) groups excluding carboxylic acids is 2. The molecule has 0 radical (unpaired) electrons. The van der Waals surface area contributed by atoms with Crippen LogP contribution in [0.3, 0.4) is 0 Å². The molecule has 0 aromatic carbocycles. The molecule has 0 fully saturated rings. The average Bonchev–Trinajstić information content (AvgIpc) is 3.38. The molecule has 422 valence electrons. The van der Waals surface area contributed by atoms with Gasteiger partial charge in [-0.05, 0) is 89.9 Å². The Hall–Kier alpha value is -2.18. The minimum atomic E-state index is -0.855. The number of allylic oxidation sites excluding steroid dienone is 7. The maximum absolute atomic E-state index is 12.5. The number of hydrogen-bond acceptors (Lipinski definition) is 5. The van der Waals surface area contributed by atoms with Crippen molar-refractivity contribution < 1.29 is 24.5 Å². The Labute approximate surface area is 448 Å². The van der Waals surface area contributed by atoms with Gasteiger partial charge in [0.25, 0.3) is 0 Å². The molecule has 1 amide bonds. The van der Waals surface area contributed by atoms with Crippen LogP contribution in [0.5, 0.6) is 0 Å². The van der Waals surface area contributed by atoms with Crippen LogP contribution in [-0.2, 0) is 14.3 Å². The molecule has 0 saturated carbocycles. The van der Waals surface area contributed by atoms with Gasteiger partial charge >= 0.3 is 5.97 Å². The Balaban J connectivity index is 3.49. The highest BCUT2D eigenvalue weighted by Gasteiger charge is 2.18. The van der Waals surface area contributed by atoms with E-state index < -0.39 is 12.1 Å². The van der Waals surface area contributed by atoms with Gasteiger partial charge in [0.15, 0.2) is 0 Å². The lowest BCUT2D eigenvalue weighted by Gasteiger charge is -2.20. The molecule has 2 unspecified atom stereocenters. The largest absolute Gasteiger partial charge is 0.466 e. The van der Waals surface area contributed by atoms with Crippen LogP contribution in [0.1, 0.15) is 335 Å². The summed E-state index contributed by atoms with van der Waals surface area (Å²) in [5.41, 5.74) is 0. The fourth-order valence-corrected chi connectivity index (χ4v) is 9.66. The minimum Gasteiger partial charge on any atom is -0.466 e. The first-order chi connectivity index (χ1) is 35.5. The van der Waals surface area contributed by atoms with Crippen molar-refractivity contribution >= 4 is 11.9 Å². The molecular formula is C66H123NO5. The molecule has 0 rings (SSSR count). The van der Waals surface area contributed by atoms with Crippen molar-refractivity contribution in [3.8, 4) is 0 Å². The number of aliphatic hydroxyl groups excluding tert-OH is 2. The summed E-state index contributed by atoms with van der Waals surface area (Å²) < 4.78 is 5.47. The Morgan fingerprint density at radius 1 is 0.389 bits per heavy atom. The van der Waals surface area contributed by atoms with Gasteiger partial charge in [-0.1, -0.05) is 281 Å². The molecule has 0 saturated heterocycles. The molecule has 0 aromatic heterocycles. The molecular weight excluding hydrogens is 887 g/mol. The molecule has 0 heterocycles. The topological polar surface area (TPSA) is 95.9 Å². The zero-order chi connectivity index (χ0) is 52.2. The Morgan fingerprint density at radius 2 is 0.694 bits per heavy atom. The van der Waals surface area contributed by atoms with Gasteiger partial charge in [0.2, 0.25) is 5.91 Å². The number of unbranched alkanes of at least 4 members (excludes halogenated alkanes) is 42. The SMILES string of the molecule is CCCCC/C=C\C/C=C\CCCCCCCC(=O)OCCCCCCCCCCC/C=C\CCCCCCCC(=O)NC(CO)C(O)/C=C/CCCCCCCCCCCCCCCCCCCCCC. The van der Waals surface area contributed by atoms with Crippen LogP contribution < -0.4 is 5.32 Å². The van der Waals surface area contributed by atoms with Gasteiger partial charge in [0.1, 0.15) is 0 Å². The Bertz CT molecular complexity index is 1210. The third-order valence-corrected chi connectivity index (χ3v) is 14.6. The highest BCUT2D eigenvalue weighted by Crippen LogP contribution is 2.17. The maximum atomic E-state index is 12.5. The van der Waals surface area contributed by atoms with Gasteiger partial charge in [0.05, 0.1) is 25.4 Å². The van der Waals surface area contributed by atoms with Crippen molar-refractivity contribution in [2.45, 2.75) is 347 Å². The first-order valence-corrected chi connectivity index (χ1v) is 31.9. The fraction of sp³-hybridized carbons (Fsp3) is 0.848. The van der Waals surface area contributed by atoms with Gasteiger partial charge in [-0.15, -0.1) is 0 Å². The molecule has 0 aliphatic carbocycles. The van der Waals surface area contributed by atoms with Crippen LogP contribution in [0.2, 0.25) is 0 Å². The highest BCUT2D eigenvalue weighted by molar-refractivity contribution is 5.76. The number of amides is 1. The first kappa shape index (κ1) is 69.8. The summed E-state index contributed by atoms with van der Waals surface area (Å²) >= 11 is 0. The third-order valence-electron chi connectivity index (χ3n) is 14.6. The van der Waals surface area contributed by atoms with Crippen molar-refractivity contribution in [1.82, 2.24) is 5.32 Å². The van der Waals surface area contributed by atoms with Gasteiger partial charge < -0.3 is 20.3 Å². The van der Waals surface area contributed by atoms with E-state index in [4.69, 9.17) is 4.74 Å². The smallest absolute Gasteiger partial charge is 0.305 e. The van der Waals surface area contributed by atoms with E-state index in [0.29, 0.717) is 19.4 Å². The van der Waals surface area contributed by atoms with E-state index in [9.17, 15) is 19.8 Å². The number of carbonyl (C=O) groups is 2. The second kappa shape index (κ2) is 61.4. The van der Waals surface area contributed by atoms with Crippen LogP contribution in [0.4, 0.5) is 0 Å². The van der Waals surface area contributed by atoms with Crippen molar-refractivity contribution in [2.75, 3.05) is 13.2 Å². The summed E-state index contributed by atoms with van der Waals surface area (Å²) in [4.78, 5) is 24.6. The van der Waals surface area contributed by atoms with E-state index in [2.05, 4.69) is 55.6 Å². The summed E-state index contributed by atoms with van der Waals surface area (Å²) in [6, 6.07) is -0.640. The van der Waals surface area contributed by atoms with E-state index in [-0.39, 0.29) is 18.5 Å². The number of rotatable bonds is 59. The van der Waals surface area contributed by atoms with E-state index in [1.54, 1.807) is 6.08 Å². The summed E-state index contributed by atoms with van der Waals surface area (Å²) in [6.07, 6.45) is 78.6. The monoisotopic (exact) mass is 1010 g/mol. The van der Waals surface area contributed by atoms with Gasteiger partial charge in [-0.3, -0.25) is 9.59 Å². The quantitative estimate of drug-likeness (QED) is 0.0320. The summed E-state index contributed by atoms with van der Waals surface area (Å²) in [5, 5.41) is 23.2. The van der Waals surface area contributed by atoms with Crippen molar-refractivity contribution in [2.24, 2.45) is 0 Å². The zero-order valence-electron chi connectivity index (χ0n) is 48.2. The van der Waals surface area contributed by atoms with Gasteiger partial charge in [-0.2, -0.15) is 0 Å². The number of esters is 1. The van der Waals surface area contributed by atoms with Crippen LogP contribution in [0, 0.1) is 0 Å².